The minimum absolute atomic E-state index is 0.333. The number of hydrogen-bond donors (Lipinski definition) is 0. The van der Waals surface area contributed by atoms with Crippen LogP contribution in [0.25, 0.3) is 0 Å². The van der Waals surface area contributed by atoms with E-state index in [1.54, 1.807) is 18.5 Å². The van der Waals surface area contributed by atoms with Crippen molar-refractivity contribution < 1.29 is 5.11 Å². The molecule has 0 saturated heterocycles. The summed E-state index contributed by atoms with van der Waals surface area (Å²) in [5.74, 6) is 0.354. The van der Waals surface area contributed by atoms with Gasteiger partial charge in [0, 0.05) is 12.4 Å². The Morgan fingerprint density at radius 2 is 2.00 bits per heavy atom. The zero-order chi connectivity index (χ0) is 5.82. The Bertz CT molecular complexity index is 152. The predicted octanol–water partition coefficient (Wildman–Crippen LogP) is 0.407. The van der Waals surface area contributed by atoms with Crippen molar-refractivity contribution in [3.8, 4) is 0 Å². The molecule has 3 nitrogen and oxygen atoms in total. The van der Waals surface area contributed by atoms with Gasteiger partial charge in [0.2, 0.25) is 0 Å². The SMILES string of the molecule is [O]Cc1ncccn1. The first-order chi connectivity index (χ1) is 3.93. The summed E-state index contributed by atoms with van der Waals surface area (Å²) in [5, 5.41) is 10.0. The maximum atomic E-state index is 10.0. The number of rotatable bonds is 1. The molecule has 1 aromatic heterocycles. The zero-order valence-electron chi connectivity index (χ0n) is 4.24. The van der Waals surface area contributed by atoms with Gasteiger partial charge in [-0.25, -0.2) is 15.1 Å². The van der Waals surface area contributed by atoms with Crippen molar-refractivity contribution in [2.24, 2.45) is 0 Å². The van der Waals surface area contributed by atoms with Crippen molar-refractivity contribution in [1.82, 2.24) is 9.97 Å². The fraction of sp³-hybridized carbons (Fsp3) is 0.200. The molecule has 0 aromatic carbocycles. The summed E-state index contributed by atoms with van der Waals surface area (Å²) < 4.78 is 0. The Morgan fingerprint density at radius 3 is 2.38 bits per heavy atom. The lowest BCUT2D eigenvalue weighted by molar-refractivity contribution is 0.170. The van der Waals surface area contributed by atoms with Gasteiger partial charge in [0.15, 0.2) is 5.82 Å². The van der Waals surface area contributed by atoms with Crippen molar-refractivity contribution >= 4 is 0 Å². The summed E-state index contributed by atoms with van der Waals surface area (Å²) in [7, 11) is 0. The van der Waals surface area contributed by atoms with Gasteiger partial charge in [0.1, 0.15) is 6.61 Å². The number of aromatic nitrogens is 2. The molecule has 3 heteroatoms. The van der Waals surface area contributed by atoms with Crippen molar-refractivity contribution in [3.05, 3.63) is 24.3 Å². The van der Waals surface area contributed by atoms with Crippen LogP contribution in [0.5, 0.6) is 0 Å². The summed E-state index contributed by atoms with van der Waals surface area (Å²) in [6.45, 7) is -0.333. The van der Waals surface area contributed by atoms with E-state index in [0.29, 0.717) is 5.82 Å². The normalized spacial score (nSPS) is 9.12. The van der Waals surface area contributed by atoms with Gasteiger partial charge in [-0.15, -0.1) is 0 Å². The van der Waals surface area contributed by atoms with Crippen molar-refractivity contribution in [1.29, 1.82) is 0 Å². The van der Waals surface area contributed by atoms with Gasteiger partial charge < -0.3 is 0 Å². The van der Waals surface area contributed by atoms with Crippen LogP contribution in [0, 0.1) is 0 Å². The van der Waals surface area contributed by atoms with E-state index in [1.165, 1.54) is 0 Å². The fourth-order valence-corrected chi connectivity index (χ4v) is 0.405. The third kappa shape index (κ3) is 1.01. The lowest BCUT2D eigenvalue weighted by Crippen LogP contribution is -1.88. The molecule has 1 radical (unpaired) electrons. The van der Waals surface area contributed by atoms with E-state index in [2.05, 4.69) is 9.97 Å². The highest BCUT2D eigenvalue weighted by Gasteiger charge is 1.86. The van der Waals surface area contributed by atoms with E-state index in [0.717, 1.165) is 0 Å². The van der Waals surface area contributed by atoms with Crippen LogP contribution in [-0.4, -0.2) is 9.97 Å². The van der Waals surface area contributed by atoms with Crippen LogP contribution >= 0.6 is 0 Å². The molecular formula is C5H5N2O. The molecular weight excluding hydrogens is 104 g/mol. The molecule has 0 amide bonds. The van der Waals surface area contributed by atoms with Gasteiger partial charge in [0.05, 0.1) is 0 Å². The lowest BCUT2D eigenvalue weighted by Gasteiger charge is -1.85. The quantitative estimate of drug-likeness (QED) is 0.524. The molecule has 0 aliphatic carbocycles. The van der Waals surface area contributed by atoms with Gasteiger partial charge in [-0.2, -0.15) is 0 Å². The van der Waals surface area contributed by atoms with E-state index in [-0.39, 0.29) is 6.61 Å². The molecule has 1 heterocycles. The molecule has 1 aromatic rings. The molecule has 0 aliphatic heterocycles. The smallest absolute Gasteiger partial charge is 0.157 e. The average molecular weight is 109 g/mol. The van der Waals surface area contributed by atoms with Gasteiger partial charge >= 0.3 is 0 Å². The van der Waals surface area contributed by atoms with E-state index >= 15 is 0 Å². The highest BCUT2D eigenvalue weighted by molar-refractivity contribution is 4.85. The minimum Gasteiger partial charge on any atom is -0.239 e. The van der Waals surface area contributed by atoms with Gasteiger partial charge in [-0.3, -0.25) is 0 Å². The molecule has 0 aliphatic rings. The highest BCUT2D eigenvalue weighted by atomic mass is 16.3. The largest absolute Gasteiger partial charge is 0.239 e. The molecule has 1 rings (SSSR count). The van der Waals surface area contributed by atoms with Crippen LogP contribution in [0.1, 0.15) is 5.82 Å². The molecule has 0 atom stereocenters. The molecule has 0 spiro atoms. The van der Waals surface area contributed by atoms with Crippen LogP contribution < -0.4 is 0 Å². The van der Waals surface area contributed by atoms with E-state index in [4.69, 9.17) is 0 Å². The second-order valence-electron chi connectivity index (χ2n) is 1.31. The number of nitrogens with zero attached hydrogens (tertiary/aromatic N) is 2. The minimum atomic E-state index is -0.333. The summed E-state index contributed by atoms with van der Waals surface area (Å²) >= 11 is 0. The summed E-state index contributed by atoms with van der Waals surface area (Å²) in [6.07, 6.45) is 3.11. The fourth-order valence-electron chi connectivity index (χ4n) is 0.405. The van der Waals surface area contributed by atoms with E-state index < -0.39 is 0 Å². The maximum absolute atomic E-state index is 10.0. The Kier molecular flexibility index (Phi) is 1.54. The van der Waals surface area contributed by atoms with Gasteiger partial charge in [-0.1, -0.05) is 0 Å². The zero-order valence-corrected chi connectivity index (χ0v) is 4.24. The molecule has 41 valence electrons. The highest BCUT2D eigenvalue weighted by Crippen LogP contribution is 1.83. The molecule has 0 unspecified atom stereocenters. The summed E-state index contributed by atoms with van der Waals surface area (Å²) in [6, 6.07) is 1.68. The molecule has 0 bridgehead atoms. The maximum Gasteiger partial charge on any atom is 0.157 e. The first-order valence-electron chi connectivity index (χ1n) is 2.27. The van der Waals surface area contributed by atoms with Crippen LogP contribution in [0.3, 0.4) is 0 Å². The van der Waals surface area contributed by atoms with Crippen LogP contribution in [0.2, 0.25) is 0 Å². The van der Waals surface area contributed by atoms with E-state index in [1.807, 2.05) is 0 Å². The molecule has 0 N–H and O–H groups in total. The Hall–Kier alpha value is -0.960. The van der Waals surface area contributed by atoms with Crippen molar-refractivity contribution in [2.45, 2.75) is 6.61 Å². The summed E-state index contributed by atoms with van der Waals surface area (Å²) in [5.41, 5.74) is 0. The Morgan fingerprint density at radius 1 is 1.38 bits per heavy atom. The molecule has 0 fully saturated rings. The average Bonchev–Trinajstić information content (AvgIpc) is 1.90. The first kappa shape index (κ1) is 5.18. The third-order valence-electron chi connectivity index (χ3n) is 0.748. The monoisotopic (exact) mass is 109 g/mol. The lowest BCUT2D eigenvalue weighted by atomic mass is 10.6. The van der Waals surface area contributed by atoms with E-state index in [9.17, 15) is 5.11 Å². The Balaban J connectivity index is 2.83. The molecule has 8 heavy (non-hydrogen) atoms. The van der Waals surface area contributed by atoms with Crippen molar-refractivity contribution in [2.75, 3.05) is 0 Å². The molecule has 0 saturated carbocycles. The van der Waals surface area contributed by atoms with Crippen LogP contribution in [0.4, 0.5) is 0 Å². The predicted molar refractivity (Wildman–Crippen MR) is 26.4 cm³/mol. The van der Waals surface area contributed by atoms with Crippen molar-refractivity contribution in [3.63, 3.8) is 0 Å². The van der Waals surface area contributed by atoms with Crippen LogP contribution in [-0.2, 0) is 11.7 Å². The third-order valence-corrected chi connectivity index (χ3v) is 0.748. The Labute approximate surface area is 47.0 Å². The number of hydrogen-bond acceptors (Lipinski definition) is 2. The first-order valence-corrected chi connectivity index (χ1v) is 2.27. The standard InChI is InChI=1S/C5H5N2O/c8-4-5-6-2-1-3-7-5/h1-3H,4H2. The topological polar surface area (TPSA) is 45.7 Å². The van der Waals surface area contributed by atoms with Gasteiger partial charge in [0.25, 0.3) is 0 Å². The van der Waals surface area contributed by atoms with Crippen LogP contribution in [0.15, 0.2) is 18.5 Å². The second-order valence-corrected chi connectivity index (χ2v) is 1.31. The second kappa shape index (κ2) is 2.37. The van der Waals surface area contributed by atoms with Gasteiger partial charge in [-0.05, 0) is 6.07 Å². The summed E-state index contributed by atoms with van der Waals surface area (Å²) in [4.78, 5) is 7.35.